The number of phosphoric ester groups is 1. The van der Waals surface area contributed by atoms with E-state index in [1.165, 1.54) is 24.8 Å². The third-order valence-corrected chi connectivity index (χ3v) is 2.92. The molecule has 0 radical (unpaired) electrons. The summed E-state index contributed by atoms with van der Waals surface area (Å²) in [5.41, 5.74) is 1.17. The molecule has 0 atom stereocenters. The number of hydrogen-bond acceptors (Lipinski definition) is 2. The smallest absolute Gasteiger partial charge is 1.00 e. The minimum Gasteiger partial charge on any atom is -1.00 e. The fourth-order valence-electron chi connectivity index (χ4n) is 1.61. The number of unbranched alkanes of at least 4 members (excludes halogenated alkanes) is 3. The Morgan fingerprint density at radius 2 is 1.78 bits per heavy atom. The van der Waals surface area contributed by atoms with E-state index in [0.29, 0.717) is 0 Å². The first-order valence-electron chi connectivity index (χ1n) is 5.85. The molecule has 0 unspecified atom stereocenters. The summed E-state index contributed by atoms with van der Waals surface area (Å²) in [7, 11) is -4.43. The zero-order valence-corrected chi connectivity index (χ0v) is 13.9. The molecule has 18 heavy (non-hydrogen) atoms. The number of benzene rings is 1. The van der Waals surface area contributed by atoms with Crippen LogP contribution in [0.15, 0.2) is 24.3 Å². The van der Waals surface area contributed by atoms with E-state index in [1.54, 1.807) is 12.1 Å². The van der Waals surface area contributed by atoms with Gasteiger partial charge < -0.3 is 5.95 Å². The van der Waals surface area contributed by atoms with E-state index in [0.717, 1.165) is 12.8 Å². The fourth-order valence-corrected chi connectivity index (χ4v) is 2.01. The molecule has 98 valence electrons. The Morgan fingerprint density at radius 1 is 1.17 bits per heavy atom. The molecule has 0 spiro atoms. The molecule has 1 rings (SSSR count). The van der Waals surface area contributed by atoms with E-state index in [4.69, 9.17) is 9.79 Å². The van der Waals surface area contributed by atoms with Crippen LogP contribution in [0.4, 0.5) is 0 Å². The quantitative estimate of drug-likeness (QED) is 0.431. The van der Waals surface area contributed by atoms with Crippen LogP contribution in [0.25, 0.3) is 0 Å². The van der Waals surface area contributed by atoms with Crippen LogP contribution in [0.3, 0.4) is 0 Å². The van der Waals surface area contributed by atoms with Gasteiger partial charge in [-0.15, -0.1) is 0 Å². The third-order valence-electron chi connectivity index (χ3n) is 2.47. The summed E-state index contributed by atoms with van der Waals surface area (Å²) in [6.07, 6.45) is 5.83. The monoisotopic (exact) mass is 282 g/mol. The van der Waals surface area contributed by atoms with Crippen molar-refractivity contribution in [2.24, 2.45) is 0 Å². The first-order chi connectivity index (χ1) is 8.01. The molecule has 0 aliphatic carbocycles. The molecule has 0 saturated carbocycles. The standard InChI is InChI=1S/C12H19O4P.Na.H/c1-2-3-4-5-6-11-7-9-12(10-8-11)16-17(13,14)15;;/h7-10H,2-6H2,1H3,(H2,13,14,15);;/q;+1;-1. The van der Waals surface area contributed by atoms with Crippen LogP contribution in [0.1, 0.15) is 39.6 Å². The average molecular weight is 282 g/mol. The van der Waals surface area contributed by atoms with Gasteiger partial charge in [0.25, 0.3) is 0 Å². The van der Waals surface area contributed by atoms with E-state index < -0.39 is 7.82 Å². The van der Waals surface area contributed by atoms with Gasteiger partial charge in [-0.25, -0.2) is 4.57 Å². The van der Waals surface area contributed by atoms with Gasteiger partial charge in [-0.2, -0.15) is 0 Å². The van der Waals surface area contributed by atoms with Crippen molar-refractivity contribution in [3.63, 3.8) is 0 Å². The largest absolute Gasteiger partial charge is 1.00 e. The third kappa shape index (κ3) is 8.30. The van der Waals surface area contributed by atoms with Crippen molar-refractivity contribution in [3.05, 3.63) is 29.8 Å². The Kier molecular flexibility index (Phi) is 9.22. The molecule has 0 aliphatic heterocycles. The van der Waals surface area contributed by atoms with Crippen LogP contribution >= 0.6 is 7.82 Å². The molecular formula is C12H20NaO4P. The molecular weight excluding hydrogens is 262 g/mol. The average Bonchev–Trinajstić information content (AvgIpc) is 2.25. The molecule has 0 saturated heterocycles. The Labute approximate surface area is 132 Å². The molecule has 0 aliphatic rings. The molecule has 2 N–H and O–H groups in total. The molecule has 0 heterocycles. The predicted octanol–water partition coefficient (Wildman–Crippen LogP) is 0.397. The number of hydrogen-bond donors (Lipinski definition) is 2. The van der Waals surface area contributed by atoms with Crippen molar-refractivity contribution in [2.45, 2.75) is 39.0 Å². The maximum Gasteiger partial charge on any atom is 1.00 e. The van der Waals surface area contributed by atoms with E-state index in [2.05, 4.69) is 11.4 Å². The Morgan fingerprint density at radius 3 is 2.28 bits per heavy atom. The van der Waals surface area contributed by atoms with E-state index >= 15 is 0 Å². The summed E-state index contributed by atoms with van der Waals surface area (Å²) in [5, 5.41) is 0. The molecule has 0 amide bonds. The van der Waals surface area contributed by atoms with Crippen LogP contribution in [0.2, 0.25) is 0 Å². The normalized spacial score (nSPS) is 10.8. The van der Waals surface area contributed by atoms with Gasteiger partial charge in [0.05, 0.1) is 0 Å². The fraction of sp³-hybridized carbons (Fsp3) is 0.500. The van der Waals surface area contributed by atoms with Crippen molar-refractivity contribution in [2.75, 3.05) is 0 Å². The first kappa shape index (κ1) is 18.2. The van der Waals surface area contributed by atoms with Crippen LogP contribution in [-0.2, 0) is 11.0 Å². The summed E-state index contributed by atoms with van der Waals surface area (Å²) >= 11 is 0. The Balaban J connectivity index is 0. The van der Waals surface area contributed by atoms with Crippen LogP contribution in [0.5, 0.6) is 5.75 Å². The Hall–Kier alpha value is 0.170. The van der Waals surface area contributed by atoms with Gasteiger partial charge in [0.2, 0.25) is 0 Å². The van der Waals surface area contributed by atoms with Gasteiger partial charge in [-0.05, 0) is 30.5 Å². The second kappa shape index (κ2) is 9.13. The molecule has 0 fully saturated rings. The molecule has 1 aromatic carbocycles. The molecule has 0 bridgehead atoms. The van der Waals surface area contributed by atoms with Gasteiger partial charge in [-0.1, -0.05) is 38.3 Å². The number of aryl methyl sites for hydroxylation is 1. The first-order valence-corrected chi connectivity index (χ1v) is 7.38. The molecule has 6 heteroatoms. The summed E-state index contributed by atoms with van der Waals surface area (Å²) < 4.78 is 15.1. The van der Waals surface area contributed by atoms with Crippen molar-refractivity contribution < 1.29 is 49.9 Å². The second-order valence-electron chi connectivity index (χ2n) is 4.04. The zero-order chi connectivity index (χ0) is 12.7. The minimum atomic E-state index is -4.43. The van der Waals surface area contributed by atoms with Crippen LogP contribution < -0.4 is 34.1 Å². The predicted molar refractivity (Wildman–Crippen MR) is 68.1 cm³/mol. The van der Waals surface area contributed by atoms with Crippen molar-refractivity contribution in [1.29, 1.82) is 0 Å². The summed E-state index contributed by atoms with van der Waals surface area (Å²) in [6, 6.07) is 6.87. The van der Waals surface area contributed by atoms with Gasteiger partial charge in [0.1, 0.15) is 5.75 Å². The maximum absolute atomic E-state index is 10.6. The van der Waals surface area contributed by atoms with Gasteiger partial charge in [0.15, 0.2) is 0 Å². The molecule has 1 aromatic rings. The Bertz CT molecular complexity index is 380. The van der Waals surface area contributed by atoms with E-state index in [9.17, 15) is 4.57 Å². The summed E-state index contributed by atoms with van der Waals surface area (Å²) in [5.74, 6) is 0.204. The molecule has 0 aromatic heterocycles. The van der Waals surface area contributed by atoms with E-state index in [1.807, 2.05) is 12.1 Å². The summed E-state index contributed by atoms with van der Waals surface area (Å²) in [4.78, 5) is 17.3. The second-order valence-corrected chi connectivity index (χ2v) is 5.20. The maximum atomic E-state index is 10.6. The van der Waals surface area contributed by atoms with Crippen molar-refractivity contribution in [1.82, 2.24) is 0 Å². The topological polar surface area (TPSA) is 66.8 Å². The SMILES string of the molecule is CCCCCCc1ccc(OP(=O)(O)O)cc1.[H-].[Na+]. The zero-order valence-electron chi connectivity index (χ0n) is 12.0. The molecule has 4 nitrogen and oxygen atoms in total. The van der Waals surface area contributed by atoms with Gasteiger partial charge in [0, 0.05) is 0 Å². The van der Waals surface area contributed by atoms with E-state index in [-0.39, 0.29) is 36.7 Å². The minimum absolute atomic E-state index is 0. The van der Waals surface area contributed by atoms with Crippen molar-refractivity contribution >= 4 is 7.82 Å². The van der Waals surface area contributed by atoms with Crippen LogP contribution in [-0.4, -0.2) is 9.79 Å². The van der Waals surface area contributed by atoms with Gasteiger partial charge in [-0.3, -0.25) is 9.79 Å². The summed E-state index contributed by atoms with van der Waals surface area (Å²) in [6.45, 7) is 2.17. The van der Waals surface area contributed by atoms with Crippen molar-refractivity contribution in [3.8, 4) is 5.75 Å². The van der Waals surface area contributed by atoms with Gasteiger partial charge >= 0.3 is 37.4 Å². The number of phosphoric acid groups is 1. The number of rotatable bonds is 7. The van der Waals surface area contributed by atoms with Crippen LogP contribution in [0, 0.1) is 0 Å².